The first-order valence-electron chi connectivity index (χ1n) is 11.2. The summed E-state index contributed by atoms with van der Waals surface area (Å²) in [7, 11) is -3.06. The number of pyridine rings is 1. The van der Waals surface area contributed by atoms with Crippen LogP contribution in [-0.2, 0) is 22.1 Å². The fourth-order valence-corrected chi connectivity index (χ4v) is 7.12. The Morgan fingerprint density at radius 1 is 1.19 bits per heavy atom. The Labute approximate surface area is 217 Å². The minimum absolute atomic E-state index is 0.0118. The zero-order valence-corrected chi connectivity index (χ0v) is 21.4. The van der Waals surface area contributed by atoms with Crippen LogP contribution in [0.3, 0.4) is 0 Å². The van der Waals surface area contributed by atoms with Crippen LogP contribution in [0.4, 0.5) is 4.39 Å². The van der Waals surface area contributed by atoms with Crippen LogP contribution in [0.2, 0.25) is 5.02 Å². The van der Waals surface area contributed by atoms with Crippen molar-refractivity contribution >= 4 is 50.1 Å². The van der Waals surface area contributed by atoms with E-state index < -0.39 is 9.84 Å². The maximum absolute atomic E-state index is 13.4. The van der Waals surface area contributed by atoms with Crippen LogP contribution in [0.25, 0.3) is 11.0 Å². The fraction of sp³-hybridized carbons (Fsp3) is 0.240. The minimum Gasteiger partial charge on any atom is -0.348 e. The van der Waals surface area contributed by atoms with Gasteiger partial charge in [-0.1, -0.05) is 41.6 Å². The number of halogens is 2. The van der Waals surface area contributed by atoms with Crippen molar-refractivity contribution in [1.29, 1.82) is 0 Å². The second kappa shape index (κ2) is 10.2. The van der Waals surface area contributed by atoms with Gasteiger partial charge in [0.2, 0.25) is 0 Å². The molecule has 1 amide bonds. The van der Waals surface area contributed by atoms with Gasteiger partial charge in [-0.25, -0.2) is 17.8 Å². The number of fused-ring (bicyclic) bond motifs is 1. The van der Waals surface area contributed by atoms with E-state index >= 15 is 0 Å². The maximum atomic E-state index is 13.4. The number of hydrogen-bond donors (Lipinski definition) is 1. The normalized spacial score (nSPS) is 16.9. The van der Waals surface area contributed by atoms with Crippen LogP contribution in [0.1, 0.15) is 27.9 Å². The molecule has 3 heterocycles. The molecule has 0 aliphatic carbocycles. The molecule has 7 nitrogen and oxygen atoms in total. The number of nitrogens with zero attached hydrogens (tertiary/aromatic N) is 3. The zero-order chi connectivity index (χ0) is 25.3. The predicted molar refractivity (Wildman–Crippen MR) is 139 cm³/mol. The van der Waals surface area contributed by atoms with E-state index in [-0.39, 0.29) is 29.3 Å². The van der Waals surface area contributed by atoms with E-state index in [4.69, 9.17) is 16.6 Å². The molecular formula is C25H22ClFN4O3S2. The monoisotopic (exact) mass is 544 g/mol. The third-order valence-electron chi connectivity index (χ3n) is 6.01. The van der Waals surface area contributed by atoms with Crippen LogP contribution in [0.5, 0.6) is 0 Å². The van der Waals surface area contributed by atoms with Crippen molar-refractivity contribution in [2.45, 2.75) is 29.9 Å². The number of imidazole rings is 1. The second-order valence-electron chi connectivity index (χ2n) is 8.64. The number of benzene rings is 2. The van der Waals surface area contributed by atoms with E-state index in [1.807, 2.05) is 22.8 Å². The fourth-order valence-electron chi connectivity index (χ4n) is 4.11. The Morgan fingerprint density at radius 2 is 2.00 bits per heavy atom. The first kappa shape index (κ1) is 24.7. The highest BCUT2D eigenvalue weighted by molar-refractivity contribution is 7.98. The second-order valence-corrected chi connectivity index (χ2v) is 12.2. The van der Waals surface area contributed by atoms with Crippen LogP contribution in [-0.4, -0.2) is 46.4 Å². The lowest BCUT2D eigenvalue weighted by molar-refractivity contribution is 0.0941. The molecular weight excluding hydrogens is 523 g/mol. The number of aromatic nitrogens is 3. The number of thioether (sulfide) groups is 1. The molecule has 1 unspecified atom stereocenters. The topological polar surface area (TPSA) is 94.0 Å². The molecule has 36 heavy (non-hydrogen) atoms. The number of sulfone groups is 1. The van der Waals surface area contributed by atoms with Crippen molar-refractivity contribution in [3.63, 3.8) is 0 Å². The molecule has 1 aliphatic rings. The van der Waals surface area contributed by atoms with E-state index in [9.17, 15) is 17.6 Å². The van der Waals surface area contributed by atoms with Gasteiger partial charge in [-0.05, 0) is 47.9 Å². The van der Waals surface area contributed by atoms with Gasteiger partial charge in [0.05, 0.1) is 35.3 Å². The van der Waals surface area contributed by atoms with Crippen LogP contribution in [0.15, 0.2) is 66.1 Å². The van der Waals surface area contributed by atoms with E-state index in [1.165, 1.54) is 23.9 Å². The van der Waals surface area contributed by atoms with Crippen molar-refractivity contribution in [2.75, 3.05) is 11.5 Å². The summed E-state index contributed by atoms with van der Waals surface area (Å²) < 4.78 is 38.7. The van der Waals surface area contributed by atoms with Crippen molar-refractivity contribution < 1.29 is 17.6 Å². The molecule has 1 fully saturated rings. The maximum Gasteiger partial charge on any atom is 0.251 e. The van der Waals surface area contributed by atoms with Crippen molar-refractivity contribution in [3.05, 3.63) is 88.5 Å². The molecule has 11 heteroatoms. The summed E-state index contributed by atoms with van der Waals surface area (Å²) in [5.41, 5.74) is 3.92. The number of nitrogens with one attached hydrogen (secondary N) is 1. The van der Waals surface area contributed by atoms with Crippen LogP contribution in [0, 0.1) is 5.82 Å². The highest BCUT2D eigenvalue weighted by Crippen LogP contribution is 2.30. The number of amides is 1. The van der Waals surface area contributed by atoms with E-state index in [0.717, 1.165) is 27.3 Å². The first-order valence-corrected chi connectivity index (χ1v) is 14.4. The van der Waals surface area contributed by atoms with Gasteiger partial charge >= 0.3 is 0 Å². The standard InChI is InChI=1S/C25H22ClFN4O3S2/c26-21-11-19(27)6-5-18(21)14-35-25-30-22-7-9-28-12-23(22)31(25)13-16-1-3-17(4-2-16)24(32)29-20-8-10-36(33,34)15-20/h1-7,9,11-12,20H,8,10,13-15H2,(H,29,32). The largest absolute Gasteiger partial charge is 0.348 e. The zero-order valence-electron chi connectivity index (χ0n) is 19.0. The number of rotatable bonds is 7. The third-order valence-corrected chi connectivity index (χ3v) is 9.16. The lowest BCUT2D eigenvalue weighted by atomic mass is 10.1. The van der Waals surface area contributed by atoms with E-state index in [0.29, 0.717) is 29.3 Å². The average Bonchev–Trinajstić information content (AvgIpc) is 3.37. The van der Waals surface area contributed by atoms with Crippen LogP contribution >= 0.6 is 23.4 Å². The summed E-state index contributed by atoms with van der Waals surface area (Å²) in [6.07, 6.45) is 3.89. The number of hydrogen-bond acceptors (Lipinski definition) is 6. The van der Waals surface area contributed by atoms with Crippen molar-refractivity contribution in [2.24, 2.45) is 0 Å². The number of carbonyl (C=O) groups excluding carboxylic acids is 1. The van der Waals surface area contributed by atoms with Gasteiger partial charge < -0.3 is 9.88 Å². The lowest BCUT2D eigenvalue weighted by Crippen LogP contribution is -2.35. The van der Waals surface area contributed by atoms with Gasteiger partial charge in [-0.15, -0.1) is 0 Å². The van der Waals surface area contributed by atoms with Gasteiger partial charge in [-0.3, -0.25) is 9.78 Å². The van der Waals surface area contributed by atoms with E-state index in [2.05, 4.69) is 10.3 Å². The van der Waals surface area contributed by atoms with Gasteiger partial charge in [0.1, 0.15) is 5.82 Å². The molecule has 0 bridgehead atoms. The molecule has 0 radical (unpaired) electrons. The van der Waals surface area contributed by atoms with Crippen LogP contribution < -0.4 is 5.32 Å². The molecule has 0 saturated carbocycles. The van der Waals surface area contributed by atoms with Gasteiger partial charge in [0.25, 0.3) is 5.91 Å². The Hall–Kier alpha value is -2.95. The Balaban J connectivity index is 1.33. The third kappa shape index (κ3) is 5.55. The molecule has 1 saturated heterocycles. The average molecular weight is 545 g/mol. The first-order chi connectivity index (χ1) is 17.3. The lowest BCUT2D eigenvalue weighted by Gasteiger charge is -2.12. The Kier molecular flexibility index (Phi) is 7.00. The summed E-state index contributed by atoms with van der Waals surface area (Å²) in [4.78, 5) is 21.6. The van der Waals surface area contributed by atoms with Gasteiger partial charge in [0.15, 0.2) is 15.0 Å². The predicted octanol–water partition coefficient (Wildman–Crippen LogP) is 4.48. The van der Waals surface area contributed by atoms with Gasteiger partial charge in [0, 0.05) is 28.6 Å². The molecule has 5 rings (SSSR count). The smallest absolute Gasteiger partial charge is 0.251 e. The summed E-state index contributed by atoms with van der Waals surface area (Å²) in [6.45, 7) is 0.504. The molecule has 1 aliphatic heterocycles. The Bertz CT molecular complexity index is 1540. The van der Waals surface area contributed by atoms with E-state index in [1.54, 1.807) is 30.6 Å². The molecule has 186 valence electrons. The van der Waals surface area contributed by atoms with Crippen molar-refractivity contribution in [1.82, 2.24) is 19.9 Å². The summed E-state index contributed by atoms with van der Waals surface area (Å²) >= 11 is 7.69. The molecule has 0 spiro atoms. The minimum atomic E-state index is -3.06. The molecule has 2 aromatic carbocycles. The van der Waals surface area contributed by atoms with Crippen molar-refractivity contribution in [3.8, 4) is 0 Å². The summed E-state index contributed by atoms with van der Waals surface area (Å²) in [6, 6.07) is 13.1. The van der Waals surface area contributed by atoms with Gasteiger partial charge in [-0.2, -0.15) is 0 Å². The Morgan fingerprint density at radius 3 is 2.72 bits per heavy atom. The molecule has 1 N–H and O–H groups in total. The summed E-state index contributed by atoms with van der Waals surface area (Å²) in [5, 5.41) is 3.95. The summed E-state index contributed by atoms with van der Waals surface area (Å²) in [5.74, 6) is -0.0439. The SMILES string of the molecule is O=C(NC1CCS(=O)(=O)C1)c1ccc(Cn2c(SCc3ccc(F)cc3Cl)nc3ccncc32)cc1. The quantitative estimate of drug-likeness (QED) is 0.345. The highest BCUT2D eigenvalue weighted by Gasteiger charge is 2.29. The molecule has 4 aromatic rings. The highest BCUT2D eigenvalue weighted by atomic mass is 35.5. The molecule has 2 aromatic heterocycles. The molecule has 1 atom stereocenters. The number of carbonyl (C=O) groups is 1.